The van der Waals surface area contributed by atoms with Crippen molar-refractivity contribution in [3.05, 3.63) is 24.3 Å². The van der Waals surface area contributed by atoms with E-state index in [1.807, 2.05) is 0 Å². The Bertz CT molecular complexity index is 1220. The van der Waals surface area contributed by atoms with Gasteiger partial charge in [0.15, 0.2) is 6.29 Å². The molecule has 1 rings (SSSR count). The zero-order valence-corrected chi connectivity index (χ0v) is 46.7. The van der Waals surface area contributed by atoms with E-state index < -0.39 is 74.2 Å². The lowest BCUT2D eigenvalue weighted by Gasteiger charge is -2.40. The molecule has 1 saturated heterocycles. The van der Waals surface area contributed by atoms with Crippen LogP contribution in [0, 0.1) is 0 Å². The van der Waals surface area contributed by atoms with Gasteiger partial charge in [0, 0.05) is 0 Å². The summed E-state index contributed by atoms with van der Waals surface area (Å²) in [5.41, 5.74) is 0. The Hall–Kier alpha value is -1.41. The average molecular weight is 1020 g/mol. The Morgan fingerprint density at radius 3 is 1.19 bits per heavy atom. The van der Waals surface area contributed by atoms with Crippen LogP contribution in [0.4, 0.5) is 0 Å². The van der Waals surface area contributed by atoms with Crippen LogP contribution in [0.15, 0.2) is 24.3 Å². The molecule has 1 heterocycles. The van der Waals surface area contributed by atoms with Gasteiger partial charge in [-0.2, -0.15) is 0 Å². The van der Waals surface area contributed by atoms with Gasteiger partial charge < -0.3 is 50.5 Å². The highest BCUT2D eigenvalue weighted by molar-refractivity contribution is 5.80. The minimum Gasteiger partial charge on any atom is -0.394 e. The van der Waals surface area contributed by atoms with Crippen molar-refractivity contribution in [2.75, 3.05) is 13.2 Å². The molecule has 9 atom stereocenters. The van der Waals surface area contributed by atoms with E-state index in [9.17, 15) is 40.5 Å². The van der Waals surface area contributed by atoms with Crippen LogP contribution in [0.3, 0.4) is 0 Å². The third-order valence-corrected chi connectivity index (χ3v) is 15.0. The van der Waals surface area contributed by atoms with Crippen molar-refractivity contribution in [3.63, 3.8) is 0 Å². The van der Waals surface area contributed by atoms with Gasteiger partial charge >= 0.3 is 0 Å². The minimum absolute atomic E-state index is 0.253. The highest BCUT2D eigenvalue weighted by Gasteiger charge is 2.44. The molecule has 1 fully saturated rings. The first-order valence-electron chi connectivity index (χ1n) is 30.7. The Labute approximate surface area is 442 Å². The normalized spacial score (nSPS) is 20.2. The van der Waals surface area contributed by atoms with E-state index in [4.69, 9.17) is 9.47 Å². The fraction of sp³-hybridized carbons (Fsp3) is 0.918. The molecule has 1 aliphatic heterocycles. The fourth-order valence-corrected chi connectivity index (χ4v) is 9.97. The van der Waals surface area contributed by atoms with E-state index in [-0.39, 0.29) is 12.8 Å². The summed E-state index contributed by atoms with van der Waals surface area (Å²) in [6.07, 6.45) is 49.5. The smallest absolute Gasteiger partial charge is 0.249 e. The average Bonchev–Trinajstić information content (AvgIpc) is 3.38. The second kappa shape index (κ2) is 50.4. The Balaban J connectivity index is 2.29. The van der Waals surface area contributed by atoms with Gasteiger partial charge in [0.25, 0.3) is 0 Å². The summed E-state index contributed by atoms with van der Waals surface area (Å²) in [4.78, 5) is 13.2. The fourth-order valence-electron chi connectivity index (χ4n) is 9.97. The number of hydrogen-bond acceptors (Lipinski definition) is 10. The van der Waals surface area contributed by atoms with Gasteiger partial charge in [0.1, 0.15) is 36.6 Å². The third-order valence-electron chi connectivity index (χ3n) is 15.0. The molecular weight excluding hydrogens is 907 g/mol. The van der Waals surface area contributed by atoms with Crippen LogP contribution in [-0.4, -0.2) is 110 Å². The highest BCUT2D eigenvalue weighted by Crippen LogP contribution is 2.23. The van der Waals surface area contributed by atoms with Crippen LogP contribution < -0.4 is 5.32 Å². The van der Waals surface area contributed by atoms with Gasteiger partial charge in [-0.3, -0.25) is 4.79 Å². The van der Waals surface area contributed by atoms with E-state index in [1.54, 1.807) is 0 Å². The Morgan fingerprint density at radius 2 is 0.819 bits per heavy atom. The van der Waals surface area contributed by atoms with Crippen molar-refractivity contribution in [2.45, 2.75) is 345 Å². The number of aliphatic hydroxyl groups is 7. The first-order valence-corrected chi connectivity index (χ1v) is 30.7. The molecule has 0 aromatic heterocycles. The van der Waals surface area contributed by atoms with Gasteiger partial charge in [0.05, 0.1) is 25.4 Å². The molecule has 9 unspecified atom stereocenters. The third kappa shape index (κ3) is 38.2. The van der Waals surface area contributed by atoms with Crippen LogP contribution in [0.5, 0.6) is 0 Å². The molecule has 11 heteroatoms. The van der Waals surface area contributed by atoms with Crippen molar-refractivity contribution < 1.29 is 50.0 Å². The molecule has 1 aliphatic rings. The molecule has 8 N–H and O–H groups in total. The molecule has 0 aromatic rings. The van der Waals surface area contributed by atoms with Crippen LogP contribution in [-0.2, 0) is 14.3 Å². The lowest BCUT2D eigenvalue weighted by Crippen LogP contribution is -2.60. The summed E-state index contributed by atoms with van der Waals surface area (Å²) >= 11 is 0. The molecule has 11 nitrogen and oxygen atoms in total. The van der Waals surface area contributed by atoms with E-state index in [0.717, 1.165) is 38.5 Å². The summed E-state index contributed by atoms with van der Waals surface area (Å²) in [6, 6.07) is -1.18. The van der Waals surface area contributed by atoms with Crippen LogP contribution in [0.2, 0.25) is 0 Å². The number of hydrogen-bond donors (Lipinski definition) is 8. The summed E-state index contributed by atoms with van der Waals surface area (Å²) < 4.78 is 11.1. The number of unbranched alkanes of at least 4 members (excludes halogenated alkanes) is 37. The SMILES string of the molecule is CCCCCCCCCCCCCC/C=C\CCCCCCCCCCCC(O)C(=O)NC(COC1OC(CO)C(O)C(O)C1O)C(O)C(O)CCC/C=C/CCCCCCCCCCCCCCCCC. The van der Waals surface area contributed by atoms with Crippen molar-refractivity contribution in [2.24, 2.45) is 0 Å². The predicted octanol–water partition coefficient (Wildman–Crippen LogP) is 13.3. The van der Waals surface area contributed by atoms with E-state index >= 15 is 0 Å². The monoisotopic (exact) mass is 1020 g/mol. The molecule has 0 radical (unpaired) electrons. The molecule has 0 bridgehead atoms. The lowest BCUT2D eigenvalue weighted by atomic mass is 9.98. The van der Waals surface area contributed by atoms with Crippen LogP contribution in [0.25, 0.3) is 0 Å². The maximum Gasteiger partial charge on any atom is 0.249 e. The number of allylic oxidation sites excluding steroid dienone is 4. The zero-order chi connectivity index (χ0) is 52.5. The van der Waals surface area contributed by atoms with Gasteiger partial charge in [-0.1, -0.05) is 250 Å². The summed E-state index contributed by atoms with van der Waals surface area (Å²) in [6.45, 7) is 3.48. The minimum atomic E-state index is -1.67. The number of carbonyl (C=O) groups excluding carboxylic acids is 1. The van der Waals surface area contributed by atoms with Crippen molar-refractivity contribution in [1.82, 2.24) is 5.32 Å². The van der Waals surface area contributed by atoms with Gasteiger partial charge in [-0.15, -0.1) is 0 Å². The number of aliphatic hydroxyl groups excluding tert-OH is 7. The summed E-state index contributed by atoms with van der Waals surface area (Å²) in [7, 11) is 0. The molecule has 0 aliphatic carbocycles. The predicted molar refractivity (Wildman–Crippen MR) is 298 cm³/mol. The Morgan fingerprint density at radius 1 is 0.472 bits per heavy atom. The molecule has 0 spiro atoms. The molecule has 426 valence electrons. The topological polar surface area (TPSA) is 189 Å². The van der Waals surface area contributed by atoms with Crippen LogP contribution in [0.1, 0.15) is 290 Å². The van der Waals surface area contributed by atoms with Crippen molar-refractivity contribution >= 4 is 5.91 Å². The van der Waals surface area contributed by atoms with E-state index in [0.29, 0.717) is 12.8 Å². The largest absolute Gasteiger partial charge is 0.394 e. The standard InChI is InChI=1S/C61H117NO10/c1-3-5-7-9-11-13-15-17-19-21-23-25-26-27-28-29-31-33-35-37-39-41-43-45-47-49-54(65)60(70)62-52(51-71-61-59(69)58(68)57(67)55(50-63)72-61)56(66)53(64)48-46-44-42-40-38-36-34-32-30-24-22-20-18-16-14-12-10-8-6-4-2/h27-28,40,42,52-59,61,63-69H,3-26,29-39,41,43-51H2,1-2H3,(H,62,70)/b28-27-,42-40+. The first-order chi connectivity index (χ1) is 35.2. The summed E-state index contributed by atoms with van der Waals surface area (Å²) in [5.74, 6) is -0.704. The molecule has 1 amide bonds. The number of nitrogens with one attached hydrogen (secondary N) is 1. The second-order valence-corrected chi connectivity index (χ2v) is 21.8. The van der Waals surface area contributed by atoms with Crippen LogP contribution >= 0.6 is 0 Å². The number of ether oxygens (including phenoxy) is 2. The number of rotatable bonds is 53. The molecule has 72 heavy (non-hydrogen) atoms. The summed E-state index contributed by atoms with van der Waals surface area (Å²) in [5, 5.41) is 76.2. The number of amides is 1. The maximum atomic E-state index is 13.2. The van der Waals surface area contributed by atoms with Gasteiger partial charge in [-0.05, 0) is 64.2 Å². The van der Waals surface area contributed by atoms with Gasteiger partial charge in [-0.25, -0.2) is 0 Å². The molecule has 0 saturated carbocycles. The van der Waals surface area contributed by atoms with E-state index in [1.165, 1.54) is 212 Å². The zero-order valence-electron chi connectivity index (χ0n) is 46.7. The Kier molecular flexibility index (Phi) is 48.0. The van der Waals surface area contributed by atoms with Crippen molar-refractivity contribution in [3.8, 4) is 0 Å². The number of carbonyl (C=O) groups is 1. The lowest BCUT2D eigenvalue weighted by molar-refractivity contribution is -0.303. The molecular formula is C61H117NO10. The molecule has 0 aromatic carbocycles. The highest BCUT2D eigenvalue weighted by atomic mass is 16.7. The maximum absolute atomic E-state index is 13.2. The van der Waals surface area contributed by atoms with Crippen molar-refractivity contribution in [1.29, 1.82) is 0 Å². The second-order valence-electron chi connectivity index (χ2n) is 21.8. The first kappa shape index (κ1) is 68.6. The quantitative estimate of drug-likeness (QED) is 0.0215. The van der Waals surface area contributed by atoms with Gasteiger partial charge in [0.2, 0.25) is 5.91 Å². The van der Waals surface area contributed by atoms with E-state index in [2.05, 4.69) is 43.5 Å².